The van der Waals surface area contributed by atoms with Gasteiger partial charge in [0.1, 0.15) is 12.4 Å². The Morgan fingerprint density at radius 2 is 1.57 bits per heavy atom. The first-order valence-corrected chi connectivity index (χ1v) is 15.9. The topological polar surface area (TPSA) is 43.7 Å². The van der Waals surface area contributed by atoms with Gasteiger partial charge in [-0.1, -0.05) is 74.5 Å². The molecule has 0 spiro atoms. The summed E-state index contributed by atoms with van der Waals surface area (Å²) >= 11 is 0. The molecule has 0 bridgehead atoms. The van der Waals surface area contributed by atoms with E-state index in [4.69, 9.17) is 9.47 Å². The van der Waals surface area contributed by atoms with Crippen LogP contribution in [-0.4, -0.2) is 23.6 Å². The molecule has 6 rings (SSSR count). The van der Waals surface area contributed by atoms with Crippen molar-refractivity contribution in [2.24, 2.45) is 0 Å². The minimum atomic E-state index is -1.18. The van der Waals surface area contributed by atoms with Crippen LogP contribution in [0.25, 0.3) is 10.9 Å². The Bertz CT molecular complexity index is 1810. The number of carbonyl (C=O) groups excluding carboxylic acids is 1. The number of nitrogens with zero attached hydrogens (tertiary/aromatic N) is 2. The molecule has 1 unspecified atom stereocenters. The first-order chi connectivity index (χ1) is 21.3. The molecule has 2 heterocycles. The standard InChI is InChI=1S/C39H42N2O3/c1-7-40(8-2)30-22-23-34(36(24-30)43-25-28-18-20-29(21-19-28)26(4)5)39(33-16-12-10-14-31(33)38(42)44-39)37-27(6)41(9-3)35-17-13-11-15-32(35)37/h10-24,26H,7-9,25H2,1-6H3. The Kier molecular flexibility index (Phi) is 7.98. The second-order valence-electron chi connectivity index (χ2n) is 11.9. The lowest BCUT2D eigenvalue weighted by Gasteiger charge is -2.33. The van der Waals surface area contributed by atoms with E-state index in [1.54, 1.807) is 0 Å². The molecular weight excluding hydrogens is 544 g/mol. The number of aromatic nitrogens is 1. The number of hydrogen-bond donors (Lipinski definition) is 0. The van der Waals surface area contributed by atoms with Crippen LogP contribution in [-0.2, 0) is 23.5 Å². The van der Waals surface area contributed by atoms with E-state index >= 15 is 0 Å². The van der Waals surface area contributed by atoms with Crippen LogP contribution in [0.5, 0.6) is 5.75 Å². The lowest BCUT2D eigenvalue weighted by molar-refractivity contribution is 0.0245. The lowest BCUT2D eigenvalue weighted by atomic mass is 9.78. The number of anilines is 1. The molecule has 1 aromatic heterocycles. The van der Waals surface area contributed by atoms with Crippen LogP contribution in [0.3, 0.4) is 0 Å². The molecule has 5 heteroatoms. The van der Waals surface area contributed by atoms with Gasteiger partial charge in [-0.3, -0.25) is 0 Å². The highest BCUT2D eigenvalue weighted by Gasteiger charge is 2.52. The molecule has 1 atom stereocenters. The van der Waals surface area contributed by atoms with Crippen LogP contribution in [0.4, 0.5) is 5.69 Å². The number of aryl methyl sites for hydroxylation is 1. The van der Waals surface area contributed by atoms with Crippen molar-refractivity contribution in [2.45, 2.75) is 66.2 Å². The van der Waals surface area contributed by atoms with E-state index in [1.807, 2.05) is 24.3 Å². The predicted octanol–water partition coefficient (Wildman–Crippen LogP) is 8.98. The Morgan fingerprint density at radius 3 is 2.27 bits per heavy atom. The number of para-hydroxylation sites is 1. The molecule has 4 aromatic carbocycles. The molecule has 0 saturated heterocycles. The zero-order chi connectivity index (χ0) is 31.0. The maximum Gasteiger partial charge on any atom is 0.340 e. The summed E-state index contributed by atoms with van der Waals surface area (Å²) < 4.78 is 15.8. The zero-order valence-corrected chi connectivity index (χ0v) is 26.7. The number of esters is 1. The maximum atomic E-state index is 13.7. The van der Waals surface area contributed by atoms with Crippen molar-refractivity contribution in [1.29, 1.82) is 0 Å². The van der Waals surface area contributed by atoms with E-state index in [0.29, 0.717) is 23.8 Å². The van der Waals surface area contributed by atoms with Crippen LogP contribution in [0, 0.1) is 6.92 Å². The number of benzene rings is 4. The van der Waals surface area contributed by atoms with E-state index in [9.17, 15) is 4.79 Å². The Hall–Kier alpha value is -4.51. The third-order valence-electron chi connectivity index (χ3n) is 9.19. The van der Waals surface area contributed by atoms with Gasteiger partial charge in [0.15, 0.2) is 5.60 Å². The van der Waals surface area contributed by atoms with Gasteiger partial charge in [-0.15, -0.1) is 0 Å². The number of hydrogen-bond acceptors (Lipinski definition) is 4. The Labute approximate surface area is 261 Å². The van der Waals surface area contributed by atoms with Crippen molar-refractivity contribution >= 4 is 22.6 Å². The summed E-state index contributed by atoms with van der Waals surface area (Å²) in [6.45, 7) is 16.0. The maximum absolute atomic E-state index is 13.7. The molecule has 0 saturated carbocycles. The second-order valence-corrected chi connectivity index (χ2v) is 11.9. The number of ether oxygens (including phenoxy) is 2. The summed E-state index contributed by atoms with van der Waals surface area (Å²) in [5, 5.41) is 1.07. The average molecular weight is 587 g/mol. The van der Waals surface area contributed by atoms with E-state index in [-0.39, 0.29) is 5.97 Å². The number of fused-ring (bicyclic) bond motifs is 2. The first kappa shape index (κ1) is 29.6. The van der Waals surface area contributed by atoms with Crippen molar-refractivity contribution < 1.29 is 14.3 Å². The summed E-state index contributed by atoms with van der Waals surface area (Å²) in [5.74, 6) is 0.851. The number of cyclic esters (lactones) is 1. The van der Waals surface area contributed by atoms with Crippen molar-refractivity contribution in [2.75, 3.05) is 18.0 Å². The minimum absolute atomic E-state index is 0.323. The van der Waals surface area contributed by atoms with E-state index in [0.717, 1.165) is 64.2 Å². The summed E-state index contributed by atoms with van der Waals surface area (Å²) in [6.07, 6.45) is 0. The molecule has 0 fully saturated rings. The second kappa shape index (κ2) is 11.9. The van der Waals surface area contributed by atoms with Crippen LogP contribution >= 0.6 is 0 Å². The monoisotopic (exact) mass is 586 g/mol. The van der Waals surface area contributed by atoms with Crippen LogP contribution in [0.2, 0.25) is 0 Å². The molecule has 5 nitrogen and oxygen atoms in total. The van der Waals surface area contributed by atoms with E-state index in [2.05, 4.69) is 118 Å². The van der Waals surface area contributed by atoms with Gasteiger partial charge in [0.25, 0.3) is 0 Å². The molecule has 0 radical (unpaired) electrons. The zero-order valence-electron chi connectivity index (χ0n) is 26.7. The molecule has 0 amide bonds. The van der Waals surface area contributed by atoms with Crippen molar-refractivity contribution in [3.8, 4) is 5.75 Å². The molecule has 44 heavy (non-hydrogen) atoms. The molecular formula is C39H42N2O3. The molecule has 5 aromatic rings. The highest BCUT2D eigenvalue weighted by molar-refractivity contribution is 5.99. The normalized spacial score (nSPS) is 15.9. The average Bonchev–Trinajstić information content (AvgIpc) is 3.51. The van der Waals surface area contributed by atoms with Crippen LogP contribution in [0.1, 0.15) is 84.4 Å². The van der Waals surface area contributed by atoms with Gasteiger partial charge in [-0.2, -0.15) is 0 Å². The smallest absolute Gasteiger partial charge is 0.340 e. The quantitative estimate of drug-likeness (QED) is 0.153. The molecule has 0 N–H and O–H groups in total. The summed E-state index contributed by atoms with van der Waals surface area (Å²) in [4.78, 5) is 16.0. The molecule has 0 aliphatic carbocycles. The fourth-order valence-corrected chi connectivity index (χ4v) is 6.89. The van der Waals surface area contributed by atoms with E-state index < -0.39 is 5.60 Å². The molecule has 1 aliphatic rings. The minimum Gasteiger partial charge on any atom is -0.488 e. The van der Waals surface area contributed by atoms with Gasteiger partial charge >= 0.3 is 5.97 Å². The van der Waals surface area contributed by atoms with Crippen LogP contribution < -0.4 is 9.64 Å². The first-order valence-electron chi connectivity index (χ1n) is 15.9. The Morgan fingerprint density at radius 1 is 0.864 bits per heavy atom. The van der Waals surface area contributed by atoms with E-state index in [1.165, 1.54) is 5.56 Å². The van der Waals surface area contributed by atoms with Gasteiger partial charge in [0, 0.05) is 64.7 Å². The summed E-state index contributed by atoms with van der Waals surface area (Å²) in [7, 11) is 0. The SMILES string of the molecule is CCN(CC)c1ccc(C2(c3c(C)n(CC)c4ccccc34)OC(=O)c3ccccc32)c(OCc2ccc(C(C)C)cc2)c1. The van der Waals surface area contributed by atoms with Gasteiger partial charge in [-0.05, 0) is 69.0 Å². The highest BCUT2D eigenvalue weighted by atomic mass is 16.6. The van der Waals surface area contributed by atoms with Gasteiger partial charge in [-0.25, -0.2) is 4.79 Å². The highest BCUT2D eigenvalue weighted by Crippen LogP contribution is 2.53. The molecule has 226 valence electrons. The lowest BCUT2D eigenvalue weighted by Crippen LogP contribution is -2.31. The largest absolute Gasteiger partial charge is 0.488 e. The fraction of sp³-hybridized carbons (Fsp3) is 0.308. The third-order valence-corrected chi connectivity index (χ3v) is 9.19. The van der Waals surface area contributed by atoms with Crippen molar-refractivity contribution in [3.63, 3.8) is 0 Å². The number of carbonyl (C=O) groups is 1. The number of rotatable bonds is 10. The van der Waals surface area contributed by atoms with Gasteiger partial charge in [0.2, 0.25) is 0 Å². The fourth-order valence-electron chi connectivity index (χ4n) is 6.89. The molecule has 1 aliphatic heterocycles. The Balaban J connectivity index is 1.61. The van der Waals surface area contributed by atoms with Gasteiger partial charge in [0.05, 0.1) is 5.56 Å². The van der Waals surface area contributed by atoms with Crippen molar-refractivity contribution in [1.82, 2.24) is 4.57 Å². The predicted molar refractivity (Wildman–Crippen MR) is 179 cm³/mol. The van der Waals surface area contributed by atoms with Gasteiger partial charge < -0.3 is 18.9 Å². The third kappa shape index (κ3) is 4.75. The summed E-state index contributed by atoms with van der Waals surface area (Å²) in [6, 6.07) is 31.2. The summed E-state index contributed by atoms with van der Waals surface area (Å²) in [5.41, 5.74) is 7.70. The van der Waals surface area contributed by atoms with Crippen molar-refractivity contribution in [3.05, 3.63) is 130 Å². The van der Waals surface area contributed by atoms with Crippen LogP contribution in [0.15, 0.2) is 91.0 Å².